The maximum Gasteiger partial charge on any atom is 0.320 e. The molecule has 0 unspecified atom stereocenters. The average Bonchev–Trinajstić information content (AvgIpc) is 2.85. The Morgan fingerprint density at radius 2 is 2.42 bits per heavy atom. The molecule has 0 bridgehead atoms. The second-order valence-electron chi connectivity index (χ2n) is 4.71. The van der Waals surface area contributed by atoms with Crippen molar-refractivity contribution in [3.8, 4) is 5.75 Å². The second-order valence-corrected chi connectivity index (χ2v) is 4.71. The summed E-state index contributed by atoms with van der Waals surface area (Å²) in [5.74, 6) is 0.0695. The summed E-state index contributed by atoms with van der Waals surface area (Å²) in [4.78, 5) is 13.1. The SMILES string of the molecule is C=CCOc1cccc(CN2CCC[C@H]2C(=O)O)c1. The lowest BCUT2D eigenvalue weighted by molar-refractivity contribution is -0.142. The van der Waals surface area contributed by atoms with Crippen molar-refractivity contribution in [2.45, 2.75) is 25.4 Å². The predicted molar refractivity (Wildman–Crippen MR) is 73.2 cm³/mol. The number of rotatable bonds is 6. The predicted octanol–water partition coefficient (Wildman–Crippen LogP) is 2.30. The number of aliphatic carboxylic acids is 1. The lowest BCUT2D eigenvalue weighted by atomic mass is 10.1. The van der Waals surface area contributed by atoms with Crippen LogP contribution in [0.2, 0.25) is 0 Å². The van der Waals surface area contributed by atoms with Crippen molar-refractivity contribution in [1.29, 1.82) is 0 Å². The third kappa shape index (κ3) is 3.58. The van der Waals surface area contributed by atoms with Crippen LogP contribution in [-0.4, -0.2) is 35.2 Å². The number of carbonyl (C=O) groups is 1. The third-order valence-electron chi connectivity index (χ3n) is 3.30. The highest BCUT2D eigenvalue weighted by molar-refractivity contribution is 5.73. The molecule has 1 atom stereocenters. The first-order chi connectivity index (χ1) is 9.20. The Hall–Kier alpha value is -1.81. The van der Waals surface area contributed by atoms with Crippen LogP contribution in [0.3, 0.4) is 0 Å². The topological polar surface area (TPSA) is 49.8 Å². The van der Waals surface area contributed by atoms with E-state index in [4.69, 9.17) is 9.84 Å². The van der Waals surface area contributed by atoms with Gasteiger partial charge in [0.15, 0.2) is 0 Å². The molecule has 19 heavy (non-hydrogen) atoms. The highest BCUT2D eigenvalue weighted by Crippen LogP contribution is 2.22. The smallest absolute Gasteiger partial charge is 0.320 e. The molecule has 1 N–H and O–H groups in total. The zero-order valence-electron chi connectivity index (χ0n) is 10.9. The van der Waals surface area contributed by atoms with Crippen LogP contribution in [0, 0.1) is 0 Å². The fourth-order valence-corrected chi connectivity index (χ4v) is 2.42. The highest BCUT2D eigenvalue weighted by Gasteiger charge is 2.30. The van der Waals surface area contributed by atoms with Crippen molar-refractivity contribution in [3.63, 3.8) is 0 Å². The Labute approximate surface area is 113 Å². The maximum absolute atomic E-state index is 11.1. The number of hydrogen-bond acceptors (Lipinski definition) is 3. The molecule has 1 fully saturated rings. The molecule has 0 aliphatic carbocycles. The molecule has 1 aliphatic rings. The van der Waals surface area contributed by atoms with Crippen molar-refractivity contribution >= 4 is 5.97 Å². The van der Waals surface area contributed by atoms with E-state index in [0.29, 0.717) is 13.2 Å². The zero-order chi connectivity index (χ0) is 13.7. The number of carboxylic acid groups (broad SMARTS) is 1. The Morgan fingerprint density at radius 3 is 3.16 bits per heavy atom. The van der Waals surface area contributed by atoms with Gasteiger partial charge in [-0.2, -0.15) is 0 Å². The summed E-state index contributed by atoms with van der Waals surface area (Å²) < 4.78 is 5.48. The van der Waals surface area contributed by atoms with Gasteiger partial charge in [-0.1, -0.05) is 24.8 Å². The van der Waals surface area contributed by atoms with Crippen molar-refractivity contribution in [1.82, 2.24) is 4.90 Å². The molecule has 4 heteroatoms. The summed E-state index contributed by atoms with van der Waals surface area (Å²) in [6, 6.07) is 7.43. The van der Waals surface area contributed by atoms with Crippen LogP contribution in [0.25, 0.3) is 0 Å². The number of ether oxygens (including phenoxy) is 1. The van der Waals surface area contributed by atoms with E-state index in [1.54, 1.807) is 6.08 Å². The van der Waals surface area contributed by atoms with E-state index in [2.05, 4.69) is 6.58 Å². The van der Waals surface area contributed by atoms with Gasteiger partial charge in [0.1, 0.15) is 18.4 Å². The third-order valence-corrected chi connectivity index (χ3v) is 3.30. The molecule has 1 aliphatic heterocycles. The van der Waals surface area contributed by atoms with Gasteiger partial charge in [-0.3, -0.25) is 9.69 Å². The summed E-state index contributed by atoms with van der Waals surface area (Å²) in [5, 5.41) is 9.15. The number of carboxylic acids is 1. The molecule has 1 heterocycles. The average molecular weight is 261 g/mol. The summed E-state index contributed by atoms with van der Waals surface area (Å²) in [6.45, 7) is 5.59. The molecular formula is C15H19NO3. The van der Waals surface area contributed by atoms with Crippen LogP contribution < -0.4 is 4.74 Å². The maximum atomic E-state index is 11.1. The molecule has 102 valence electrons. The number of hydrogen-bond donors (Lipinski definition) is 1. The van der Waals surface area contributed by atoms with Gasteiger partial charge < -0.3 is 9.84 Å². The number of nitrogens with zero attached hydrogens (tertiary/aromatic N) is 1. The summed E-state index contributed by atoms with van der Waals surface area (Å²) in [7, 11) is 0. The highest BCUT2D eigenvalue weighted by atomic mass is 16.5. The normalized spacial score (nSPS) is 19.3. The summed E-state index contributed by atoms with van der Waals surface area (Å²) in [6.07, 6.45) is 3.39. The summed E-state index contributed by atoms with van der Waals surface area (Å²) in [5.41, 5.74) is 1.08. The van der Waals surface area contributed by atoms with Crippen molar-refractivity contribution in [2.75, 3.05) is 13.2 Å². The molecule has 0 amide bonds. The molecule has 0 spiro atoms. The van der Waals surface area contributed by atoms with E-state index in [1.807, 2.05) is 29.2 Å². The fraction of sp³-hybridized carbons (Fsp3) is 0.400. The molecule has 4 nitrogen and oxygen atoms in total. The molecule has 0 aromatic heterocycles. The van der Waals surface area contributed by atoms with E-state index >= 15 is 0 Å². The number of likely N-dealkylation sites (tertiary alicyclic amines) is 1. The van der Waals surface area contributed by atoms with E-state index in [1.165, 1.54) is 0 Å². The second kappa shape index (κ2) is 6.38. The van der Waals surface area contributed by atoms with E-state index in [-0.39, 0.29) is 6.04 Å². The summed E-state index contributed by atoms with van der Waals surface area (Å²) >= 11 is 0. The molecule has 1 saturated heterocycles. The monoisotopic (exact) mass is 261 g/mol. The van der Waals surface area contributed by atoms with E-state index in [0.717, 1.165) is 30.7 Å². The van der Waals surface area contributed by atoms with Crippen molar-refractivity contribution in [2.24, 2.45) is 0 Å². The molecule has 0 saturated carbocycles. The van der Waals surface area contributed by atoms with Gasteiger partial charge in [0.2, 0.25) is 0 Å². The molecule has 0 radical (unpaired) electrons. The van der Waals surface area contributed by atoms with Crippen LogP contribution in [0.4, 0.5) is 0 Å². The quantitative estimate of drug-likeness (QED) is 0.798. The molecular weight excluding hydrogens is 242 g/mol. The van der Waals surface area contributed by atoms with E-state index in [9.17, 15) is 4.79 Å². The van der Waals surface area contributed by atoms with Gasteiger partial charge in [0, 0.05) is 6.54 Å². The minimum atomic E-state index is -0.725. The van der Waals surface area contributed by atoms with E-state index < -0.39 is 5.97 Å². The van der Waals surface area contributed by atoms with Gasteiger partial charge in [0.05, 0.1) is 0 Å². The van der Waals surface area contributed by atoms with Crippen LogP contribution in [0.15, 0.2) is 36.9 Å². The fourth-order valence-electron chi connectivity index (χ4n) is 2.42. The van der Waals surface area contributed by atoms with Gasteiger partial charge in [0.25, 0.3) is 0 Å². The van der Waals surface area contributed by atoms with Gasteiger partial charge >= 0.3 is 5.97 Å². The Bertz CT molecular complexity index is 458. The van der Waals surface area contributed by atoms with Gasteiger partial charge in [-0.25, -0.2) is 0 Å². The minimum Gasteiger partial charge on any atom is -0.490 e. The van der Waals surface area contributed by atoms with Crippen LogP contribution >= 0.6 is 0 Å². The standard InChI is InChI=1S/C15H19NO3/c1-2-9-19-13-6-3-5-12(10-13)11-16-8-4-7-14(16)15(17)18/h2-3,5-6,10,14H,1,4,7-9,11H2,(H,17,18)/t14-/m0/s1. The molecule has 2 rings (SSSR count). The Balaban J connectivity index is 2.02. The largest absolute Gasteiger partial charge is 0.490 e. The zero-order valence-corrected chi connectivity index (χ0v) is 10.9. The van der Waals surface area contributed by atoms with Crippen LogP contribution in [0.1, 0.15) is 18.4 Å². The first-order valence-electron chi connectivity index (χ1n) is 6.50. The van der Waals surface area contributed by atoms with Crippen molar-refractivity contribution in [3.05, 3.63) is 42.5 Å². The lowest BCUT2D eigenvalue weighted by Gasteiger charge is -2.21. The van der Waals surface area contributed by atoms with Crippen molar-refractivity contribution < 1.29 is 14.6 Å². The molecule has 1 aromatic rings. The van der Waals surface area contributed by atoms with Gasteiger partial charge in [-0.05, 0) is 37.1 Å². The van der Waals surface area contributed by atoms with Crippen LogP contribution in [-0.2, 0) is 11.3 Å². The Kier molecular flexibility index (Phi) is 4.58. The first-order valence-corrected chi connectivity index (χ1v) is 6.50. The lowest BCUT2D eigenvalue weighted by Crippen LogP contribution is -2.35. The Morgan fingerprint density at radius 1 is 1.58 bits per heavy atom. The van der Waals surface area contributed by atoms with Crippen LogP contribution in [0.5, 0.6) is 5.75 Å². The first kappa shape index (κ1) is 13.6. The minimum absolute atomic E-state index is 0.349. The molecule has 1 aromatic carbocycles. The van der Waals surface area contributed by atoms with Gasteiger partial charge in [-0.15, -0.1) is 0 Å². The number of benzene rings is 1.